The van der Waals surface area contributed by atoms with Crippen LogP contribution in [0, 0.1) is 0 Å². The van der Waals surface area contributed by atoms with E-state index in [4.69, 9.17) is 16.0 Å². The quantitative estimate of drug-likeness (QED) is 0.369. The first kappa shape index (κ1) is 14.2. The van der Waals surface area contributed by atoms with Gasteiger partial charge in [-0.1, -0.05) is 5.11 Å². The Kier molecular flexibility index (Phi) is 3.59. The number of alkyl halides is 1. The fourth-order valence-electron chi connectivity index (χ4n) is 1.90. The molecular formula is C9H11FN6O4. The summed E-state index contributed by atoms with van der Waals surface area (Å²) in [6.07, 6.45) is -4.50. The van der Waals surface area contributed by atoms with Crippen LogP contribution >= 0.6 is 0 Å². The SMILES string of the molecule is [N-]=[N+]=N[C@]1(CO)OC(n2ccc(N)nc2=O)C(F)C1O. The van der Waals surface area contributed by atoms with E-state index in [0.717, 1.165) is 10.8 Å². The number of anilines is 1. The zero-order valence-corrected chi connectivity index (χ0v) is 10.00. The van der Waals surface area contributed by atoms with Gasteiger partial charge in [-0.05, 0) is 11.6 Å². The third-order valence-corrected chi connectivity index (χ3v) is 2.93. The zero-order chi connectivity index (χ0) is 14.9. The summed E-state index contributed by atoms with van der Waals surface area (Å²) in [6.45, 7) is -0.952. The Morgan fingerprint density at radius 3 is 3.00 bits per heavy atom. The number of hydrogen-bond donors (Lipinski definition) is 3. The van der Waals surface area contributed by atoms with Crippen molar-refractivity contribution < 1.29 is 19.3 Å². The van der Waals surface area contributed by atoms with E-state index < -0.39 is 36.5 Å². The summed E-state index contributed by atoms with van der Waals surface area (Å²) >= 11 is 0. The first-order chi connectivity index (χ1) is 9.45. The van der Waals surface area contributed by atoms with Crippen LogP contribution in [0.5, 0.6) is 0 Å². The molecule has 10 nitrogen and oxygen atoms in total. The molecule has 2 heterocycles. The highest BCUT2D eigenvalue weighted by Gasteiger charge is 2.56. The van der Waals surface area contributed by atoms with Crippen molar-refractivity contribution >= 4 is 5.82 Å². The number of aromatic nitrogens is 2. The van der Waals surface area contributed by atoms with Crippen LogP contribution < -0.4 is 11.4 Å². The van der Waals surface area contributed by atoms with Crippen molar-refractivity contribution in [3.63, 3.8) is 0 Å². The molecule has 3 unspecified atom stereocenters. The van der Waals surface area contributed by atoms with Crippen LogP contribution in [0.1, 0.15) is 6.23 Å². The van der Waals surface area contributed by atoms with E-state index in [1.807, 2.05) is 0 Å². The van der Waals surface area contributed by atoms with E-state index in [9.17, 15) is 19.4 Å². The Morgan fingerprint density at radius 1 is 1.75 bits per heavy atom. The summed E-state index contributed by atoms with van der Waals surface area (Å²) in [4.78, 5) is 17.4. The van der Waals surface area contributed by atoms with Crippen molar-refractivity contribution in [2.75, 3.05) is 12.3 Å². The predicted octanol–water partition coefficient (Wildman–Crippen LogP) is -0.948. The average molecular weight is 286 g/mol. The molecule has 11 heteroatoms. The molecule has 1 aromatic heterocycles. The minimum Gasteiger partial charge on any atom is -0.393 e. The monoisotopic (exact) mass is 286 g/mol. The molecular weight excluding hydrogens is 275 g/mol. The van der Waals surface area contributed by atoms with E-state index in [-0.39, 0.29) is 5.82 Å². The normalized spacial score (nSPS) is 32.9. The molecule has 0 bridgehead atoms. The van der Waals surface area contributed by atoms with Crippen LogP contribution in [0.4, 0.5) is 10.2 Å². The van der Waals surface area contributed by atoms with Gasteiger partial charge in [-0.15, -0.1) is 0 Å². The lowest BCUT2D eigenvalue weighted by Crippen LogP contribution is -2.43. The molecule has 0 saturated carbocycles. The number of aliphatic hydroxyl groups is 2. The third kappa shape index (κ3) is 2.08. The molecule has 0 spiro atoms. The number of nitrogens with two attached hydrogens (primary N) is 1. The number of azide groups is 1. The van der Waals surface area contributed by atoms with Crippen LogP contribution in [0.3, 0.4) is 0 Å². The minimum absolute atomic E-state index is 0.0660. The highest BCUT2D eigenvalue weighted by molar-refractivity contribution is 5.23. The summed E-state index contributed by atoms with van der Waals surface area (Å²) < 4.78 is 19.9. The molecule has 0 amide bonds. The predicted molar refractivity (Wildman–Crippen MR) is 62.9 cm³/mol. The van der Waals surface area contributed by atoms with Crippen LogP contribution in [0.2, 0.25) is 0 Å². The summed E-state index contributed by atoms with van der Waals surface area (Å²) in [5.41, 5.74) is 10.6. The highest BCUT2D eigenvalue weighted by Crippen LogP contribution is 2.39. The smallest absolute Gasteiger partial charge is 0.351 e. The highest BCUT2D eigenvalue weighted by atomic mass is 19.1. The molecule has 0 aromatic carbocycles. The van der Waals surface area contributed by atoms with Gasteiger partial charge < -0.3 is 20.7 Å². The van der Waals surface area contributed by atoms with E-state index >= 15 is 0 Å². The molecule has 4 atom stereocenters. The summed E-state index contributed by atoms with van der Waals surface area (Å²) in [7, 11) is 0. The van der Waals surface area contributed by atoms with E-state index in [1.54, 1.807) is 0 Å². The Hall–Kier alpha value is -2.20. The van der Waals surface area contributed by atoms with Crippen molar-refractivity contribution in [1.29, 1.82) is 0 Å². The van der Waals surface area contributed by atoms with Crippen LogP contribution in [0.15, 0.2) is 22.2 Å². The van der Waals surface area contributed by atoms with Gasteiger partial charge in [0.05, 0.1) is 6.61 Å². The average Bonchev–Trinajstić information content (AvgIpc) is 2.65. The molecule has 20 heavy (non-hydrogen) atoms. The first-order valence-electron chi connectivity index (χ1n) is 5.47. The maximum Gasteiger partial charge on any atom is 0.351 e. The van der Waals surface area contributed by atoms with Gasteiger partial charge in [-0.25, -0.2) is 9.18 Å². The third-order valence-electron chi connectivity index (χ3n) is 2.93. The lowest BCUT2D eigenvalue weighted by molar-refractivity contribution is -0.124. The number of halogens is 1. The lowest BCUT2D eigenvalue weighted by Gasteiger charge is -2.23. The van der Waals surface area contributed by atoms with E-state index in [2.05, 4.69) is 15.0 Å². The second-order valence-corrected chi connectivity index (χ2v) is 4.13. The molecule has 1 fully saturated rings. The minimum atomic E-state index is -2.19. The molecule has 1 saturated heterocycles. The van der Waals surface area contributed by atoms with Gasteiger partial charge in [0, 0.05) is 11.1 Å². The number of aliphatic hydroxyl groups excluding tert-OH is 2. The van der Waals surface area contributed by atoms with Gasteiger partial charge in [0.2, 0.25) is 5.72 Å². The topological polar surface area (TPSA) is 159 Å². The van der Waals surface area contributed by atoms with Crippen molar-refractivity contribution in [1.82, 2.24) is 9.55 Å². The van der Waals surface area contributed by atoms with Gasteiger partial charge in [-0.3, -0.25) is 4.57 Å². The Bertz CT molecular complexity index is 617. The number of nitrogen functional groups attached to an aromatic ring is 1. The molecule has 1 aromatic rings. The molecule has 4 N–H and O–H groups in total. The van der Waals surface area contributed by atoms with E-state index in [0.29, 0.717) is 0 Å². The lowest BCUT2D eigenvalue weighted by atomic mass is 10.1. The van der Waals surface area contributed by atoms with E-state index in [1.165, 1.54) is 6.07 Å². The van der Waals surface area contributed by atoms with Gasteiger partial charge in [0.15, 0.2) is 12.4 Å². The van der Waals surface area contributed by atoms with Crippen LogP contribution in [0.25, 0.3) is 10.4 Å². The Labute approximate surface area is 110 Å². The van der Waals surface area contributed by atoms with Crippen molar-refractivity contribution in [2.24, 2.45) is 5.11 Å². The fraction of sp³-hybridized carbons (Fsp3) is 0.556. The zero-order valence-electron chi connectivity index (χ0n) is 10.00. The van der Waals surface area contributed by atoms with Crippen molar-refractivity contribution in [3.05, 3.63) is 33.2 Å². The molecule has 0 aliphatic carbocycles. The van der Waals surface area contributed by atoms with Gasteiger partial charge in [0.1, 0.15) is 11.9 Å². The molecule has 1 aliphatic rings. The van der Waals surface area contributed by atoms with Gasteiger partial charge in [-0.2, -0.15) is 4.98 Å². The molecule has 2 rings (SSSR count). The summed E-state index contributed by atoms with van der Waals surface area (Å²) in [5, 5.41) is 22.0. The number of nitrogens with zero attached hydrogens (tertiary/aromatic N) is 5. The maximum atomic E-state index is 14.1. The summed E-state index contributed by atoms with van der Waals surface area (Å²) in [5.74, 6) is -0.0660. The van der Waals surface area contributed by atoms with Gasteiger partial charge >= 0.3 is 5.69 Å². The van der Waals surface area contributed by atoms with Crippen LogP contribution in [-0.2, 0) is 4.74 Å². The molecule has 1 aliphatic heterocycles. The standard InChI is InChI=1S/C9H11FN6O4/c10-5-6(18)9(3-17,14-15-12)20-7(5)16-2-1-4(11)13-8(16)19/h1-2,5-7,17-18H,3H2,(H2,11,13,19)/t5?,6?,7?,9-/m1/s1. The van der Waals surface area contributed by atoms with Crippen molar-refractivity contribution in [2.45, 2.75) is 24.2 Å². The second kappa shape index (κ2) is 5.06. The number of rotatable bonds is 3. The Balaban J connectivity index is 2.45. The van der Waals surface area contributed by atoms with Crippen molar-refractivity contribution in [3.8, 4) is 0 Å². The van der Waals surface area contributed by atoms with Gasteiger partial charge in [0.25, 0.3) is 0 Å². The Morgan fingerprint density at radius 2 is 2.45 bits per heavy atom. The largest absolute Gasteiger partial charge is 0.393 e. The van der Waals surface area contributed by atoms with Crippen LogP contribution in [-0.4, -0.2) is 44.4 Å². The summed E-state index contributed by atoms with van der Waals surface area (Å²) in [6, 6.07) is 1.23. The second-order valence-electron chi connectivity index (χ2n) is 4.13. The maximum absolute atomic E-state index is 14.1. The first-order valence-corrected chi connectivity index (χ1v) is 5.47. The molecule has 108 valence electrons. The fourth-order valence-corrected chi connectivity index (χ4v) is 1.90. The number of ether oxygens (including phenoxy) is 1. The number of hydrogen-bond acceptors (Lipinski definition) is 7. The molecule has 0 radical (unpaired) electrons.